The van der Waals surface area contributed by atoms with Crippen LogP contribution in [0, 0.1) is 15.9 Å². The Hall–Kier alpha value is -2.22. The predicted octanol–water partition coefficient (Wildman–Crippen LogP) is 3.09. The fraction of sp³-hybridized carbons (Fsp3) is 0.0833. The van der Waals surface area contributed by atoms with E-state index < -0.39 is 16.6 Å². The molecule has 1 aromatic heterocycles. The molecule has 0 saturated carbocycles. The molecule has 0 fully saturated rings. The highest BCUT2D eigenvalue weighted by atomic mass is 79.9. The summed E-state index contributed by atoms with van der Waals surface area (Å²) in [6.07, 6.45) is 0. The summed E-state index contributed by atoms with van der Waals surface area (Å²) in [4.78, 5) is 22.2. The van der Waals surface area contributed by atoms with Crippen molar-refractivity contribution in [1.82, 2.24) is 4.57 Å². The van der Waals surface area contributed by atoms with Gasteiger partial charge in [-0.15, -0.1) is 0 Å². The zero-order valence-electron chi connectivity index (χ0n) is 10.3. The van der Waals surface area contributed by atoms with E-state index in [2.05, 4.69) is 21.2 Å². The molecule has 0 aliphatic carbocycles. The molecule has 0 radical (unpaired) electrons. The number of nitrogens with one attached hydrogen (secondary N) is 1. The van der Waals surface area contributed by atoms with Crippen LogP contribution in [-0.2, 0) is 7.05 Å². The molecule has 0 aliphatic heterocycles. The minimum atomic E-state index is -0.579. The highest BCUT2D eigenvalue weighted by molar-refractivity contribution is 9.10. The molecule has 0 aliphatic rings. The lowest BCUT2D eigenvalue weighted by molar-refractivity contribution is -0.391. The van der Waals surface area contributed by atoms with Gasteiger partial charge in [-0.1, -0.05) is 0 Å². The smallest absolute Gasteiger partial charge is 0.323 e. The molecule has 104 valence electrons. The quantitative estimate of drug-likeness (QED) is 0.688. The average Bonchev–Trinajstić information content (AvgIpc) is 2.74. The SMILES string of the molecule is Cn1c(C(=O)Nc2ccc(F)cc2Br)ccc1[N+](=O)[O-]. The lowest BCUT2D eigenvalue weighted by atomic mass is 10.3. The topological polar surface area (TPSA) is 77.2 Å². The van der Waals surface area contributed by atoms with Crippen molar-refractivity contribution in [3.05, 3.63) is 56.4 Å². The second-order valence-corrected chi connectivity index (χ2v) is 4.83. The number of rotatable bonds is 3. The van der Waals surface area contributed by atoms with Crippen LogP contribution in [0.1, 0.15) is 10.5 Å². The second kappa shape index (κ2) is 5.41. The summed E-state index contributed by atoms with van der Waals surface area (Å²) in [5.41, 5.74) is 0.508. The first kappa shape index (κ1) is 14.2. The van der Waals surface area contributed by atoms with Crippen LogP contribution in [0.2, 0.25) is 0 Å². The highest BCUT2D eigenvalue weighted by Crippen LogP contribution is 2.24. The molecule has 6 nitrogen and oxygen atoms in total. The summed E-state index contributed by atoms with van der Waals surface area (Å²) in [7, 11) is 1.42. The number of anilines is 1. The van der Waals surface area contributed by atoms with Crippen molar-refractivity contribution in [1.29, 1.82) is 0 Å². The normalized spacial score (nSPS) is 10.3. The third-order valence-electron chi connectivity index (χ3n) is 2.69. The van der Waals surface area contributed by atoms with Gasteiger partial charge in [0.05, 0.1) is 12.7 Å². The Morgan fingerprint density at radius 2 is 2.10 bits per heavy atom. The predicted molar refractivity (Wildman–Crippen MR) is 74.1 cm³/mol. The molecule has 1 aromatic carbocycles. The van der Waals surface area contributed by atoms with Crippen molar-refractivity contribution in [2.24, 2.45) is 7.05 Å². The third kappa shape index (κ3) is 2.69. The molecule has 1 amide bonds. The standard InChI is InChI=1S/C12H9BrFN3O3/c1-16-10(4-5-11(16)17(19)20)12(18)15-9-3-2-7(14)6-8(9)13/h2-6H,1H3,(H,15,18). The maximum Gasteiger partial charge on any atom is 0.323 e. The lowest BCUT2D eigenvalue weighted by Crippen LogP contribution is -2.16. The third-order valence-corrected chi connectivity index (χ3v) is 3.35. The Balaban J connectivity index is 2.26. The minimum absolute atomic E-state index is 0.132. The van der Waals surface area contributed by atoms with E-state index in [1.165, 1.54) is 41.9 Å². The maximum absolute atomic E-state index is 12.9. The molecular weight excluding hydrogens is 333 g/mol. The molecule has 0 bridgehead atoms. The van der Waals surface area contributed by atoms with Gasteiger partial charge in [0.25, 0.3) is 5.91 Å². The Kier molecular flexibility index (Phi) is 3.84. The van der Waals surface area contributed by atoms with Crippen LogP contribution in [0.4, 0.5) is 15.9 Å². The zero-order chi connectivity index (χ0) is 14.9. The fourth-order valence-corrected chi connectivity index (χ4v) is 2.14. The van der Waals surface area contributed by atoms with Crippen LogP contribution in [0.25, 0.3) is 0 Å². The van der Waals surface area contributed by atoms with E-state index in [0.29, 0.717) is 10.2 Å². The largest absolute Gasteiger partial charge is 0.358 e. The van der Waals surface area contributed by atoms with Crippen molar-refractivity contribution in [3.8, 4) is 0 Å². The van der Waals surface area contributed by atoms with Gasteiger partial charge in [0.1, 0.15) is 5.82 Å². The number of hydrogen-bond acceptors (Lipinski definition) is 3. The maximum atomic E-state index is 12.9. The highest BCUT2D eigenvalue weighted by Gasteiger charge is 2.21. The molecule has 0 unspecified atom stereocenters. The number of aromatic nitrogens is 1. The molecule has 0 spiro atoms. The van der Waals surface area contributed by atoms with Gasteiger partial charge in [0.15, 0.2) is 5.69 Å². The van der Waals surface area contributed by atoms with E-state index in [-0.39, 0.29) is 11.5 Å². The number of hydrogen-bond donors (Lipinski definition) is 1. The van der Waals surface area contributed by atoms with E-state index in [4.69, 9.17) is 0 Å². The molecule has 2 aromatic rings. The molecule has 20 heavy (non-hydrogen) atoms. The summed E-state index contributed by atoms with van der Waals surface area (Å²) in [5.74, 6) is -1.15. The Morgan fingerprint density at radius 1 is 1.40 bits per heavy atom. The van der Waals surface area contributed by atoms with E-state index in [1.807, 2.05) is 0 Å². The lowest BCUT2D eigenvalue weighted by Gasteiger charge is -2.06. The Labute approximate surface area is 121 Å². The summed E-state index contributed by atoms with van der Waals surface area (Å²) in [6, 6.07) is 6.41. The number of halogens is 2. The van der Waals surface area contributed by atoms with Crippen LogP contribution in [-0.4, -0.2) is 15.4 Å². The van der Waals surface area contributed by atoms with E-state index >= 15 is 0 Å². The van der Waals surface area contributed by atoms with Gasteiger partial charge < -0.3 is 15.4 Å². The number of carbonyl (C=O) groups excluding carboxylic acids is 1. The van der Waals surface area contributed by atoms with Crippen LogP contribution < -0.4 is 5.32 Å². The monoisotopic (exact) mass is 341 g/mol. The summed E-state index contributed by atoms with van der Waals surface area (Å²) >= 11 is 3.13. The number of amides is 1. The molecular formula is C12H9BrFN3O3. The minimum Gasteiger partial charge on any atom is -0.358 e. The fourth-order valence-electron chi connectivity index (χ4n) is 1.69. The van der Waals surface area contributed by atoms with Crippen molar-refractivity contribution in [2.45, 2.75) is 0 Å². The second-order valence-electron chi connectivity index (χ2n) is 3.97. The zero-order valence-corrected chi connectivity index (χ0v) is 11.8. The summed E-state index contributed by atoms with van der Waals surface area (Å²) in [6.45, 7) is 0. The van der Waals surface area contributed by atoms with Gasteiger partial charge in [-0.05, 0) is 45.1 Å². The van der Waals surface area contributed by atoms with Crippen LogP contribution in [0.5, 0.6) is 0 Å². The molecule has 0 saturated heterocycles. The van der Waals surface area contributed by atoms with Gasteiger partial charge >= 0.3 is 5.82 Å². The Morgan fingerprint density at radius 3 is 2.65 bits per heavy atom. The number of benzene rings is 1. The first-order valence-electron chi connectivity index (χ1n) is 5.46. The average molecular weight is 342 g/mol. The first-order chi connectivity index (χ1) is 9.40. The molecule has 1 N–H and O–H groups in total. The van der Waals surface area contributed by atoms with Gasteiger partial charge in [-0.25, -0.2) is 8.96 Å². The Bertz CT molecular complexity index is 699. The van der Waals surface area contributed by atoms with Crippen molar-refractivity contribution in [3.63, 3.8) is 0 Å². The van der Waals surface area contributed by atoms with Crippen LogP contribution in [0.15, 0.2) is 34.8 Å². The number of nitro groups is 1. The van der Waals surface area contributed by atoms with E-state index in [0.717, 1.165) is 0 Å². The van der Waals surface area contributed by atoms with E-state index in [1.54, 1.807) is 0 Å². The van der Waals surface area contributed by atoms with Gasteiger partial charge in [0.2, 0.25) is 0 Å². The molecule has 2 rings (SSSR count). The number of carbonyl (C=O) groups is 1. The number of nitrogens with zero attached hydrogens (tertiary/aromatic N) is 2. The molecule has 0 atom stereocenters. The van der Waals surface area contributed by atoms with Gasteiger partial charge in [0, 0.05) is 10.5 Å². The molecule has 8 heteroatoms. The van der Waals surface area contributed by atoms with Crippen molar-refractivity contribution >= 4 is 33.3 Å². The van der Waals surface area contributed by atoms with Crippen molar-refractivity contribution < 1.29 is 14.1 Å². The van der Waals surface area contributed by atoms with E-state index in [9.17, 15) is 19.3 Å². The summed E-state index contributed by atoms with van der Waals surface area (Å²) < 4.78 is 14.5. The first-order valence-corrected chi connectivity index (χ1v) is 6.26. The summed E-state index contributed by atoms with van der Waals surface area (Å²) in [5, 5.41) is 13.3. The van der Waals surface area contributed by atoms with Crippen LogP contribution in [0.3, 0.4) is 0 Å². The van der Waals surface area contributed by atoms with Gasteiger partial charge in [-0.3, -0.25) is 4.79 Å². The van der Waals surface area contributed by atoms with Crippen molar-refractivity contribution in [2.75, 3.05) is 5.32 Å². The van der Waals surface area contributed by atoms with Crippen LogP contribution >= 0.6 is 15.9 Å². The molecule has 1 heterocycles. The van der Waals surface area contributed by atoms with Gasteiger partial charge in [-0.2, -0.15) is 0 Å².